The van der Waals surface area contributed by atoms with Crippen LogP contribution in [-0.4, -0.2) is 29.1 Å². The molecule has 1 N–H and O–H groups in total. The topological polar surface area (TPSA) is 53.7 Å². The maximum atomic E-state index is 11.4. The summed E-state index contributed by atoms with van der Waals surface area (Å²) in [5.74, 6) is -0.337. The fraction of sp³-hybridized carbons (Fsp3) is 0.471. The van der Waals surface area contributed by atoms with Gasteiger partial charge in [-0.3, -0.25) is 4.90 Å². The lowest BCUT2D eigenvalue weighted by Gasteiger charge is -2.23. The van der Waals surface area contributed by atoms with E-state index in [2.05, 4.69) is 25.7 Å². The highest BCUT2D eigenvalue weighted by atomic mass is 16.4. The molecule has 4 heteroatoms. The van der Waals surface area contributed by atoms with E-state index in [1.54, 1.807) is 0 Å². The van der Waals surface area contributed by atoms with Crippen LogP contribution >= 0.6 is 0 Å². The monoisotopic (exact) mass is 289 g/mol. The Bertz CT molecular complexity index is 618. The van der Waals surface area contributed by atoms with Crippen molar-refractivity contribution in [1.82, 2.24) is 4.90 Å². The van der Waals surface area contributed by atoms with Crippen molar-refractivity contribution in [2.45, 2.75) is 33.7 Å². The molecule has 0 fully saturated rings. The van der Waals surface area contributed by atoms with E-state index < -0.39 is 5.97 Å². The number of carbonyl (C=O) groups is 1. The Morgan fingerprint density at radius 1 is 1.33 bits per heavy atom. The summed E-state index contributed by atoms with van der Waals surface area (Å²) < 4.78 is 5.51. The van der Waals surface area contributed by atoms with E-state index in [-0.39, 0.29) is 5.76 Å². The summed E-state index contributed by atoms with van der Waals surface area (Å²) in [5.41, 5.74) is 1.42. The van der Waals surface area contributed by atoms with Gasteiger partial charge in [0.25, 0.3) is 0 Å². The summed E-state index contributed by atoms with van der Waals surface area (Å²) in [7, 11) is 0. The third kappa shape index (κ3) is 3.45. The van der Waals surface area contributed by atoms with Crippen LogP contribution in [0.1, 0.15) is 43.3 Å². The van der Waals surface area contributed by atoms with Crippen LogP contribution in [-0.2, 0) is 6.54 Å². The van der Waals surface area contributed by atoms with Gasteiger partial charge in [0.1, 0.15) is 5.58 Å². The molecule has 0 aliphatic heterocycles. The second kappa shape index (κ2) is 6.76. The van der Waals surface area contributed by atoms with Gasteiger partial charge in [-0.05, 0) is 18.5 Å². The van der Waals surface area contributed by atoms with Gasteiger partial charge in [-0.1, -0.05) is 45.4 Å². The largest absolute Gasteiger partial charge is 0.475 e. The van der Waals surface area contributed by atoms with Crippen LogP contribution in [0.3, 0.4) is 0 Å². The minimum atomic E-state index is -0.999. The Morgan fingerprint density at radius 2 is 2.05 bits per heavy atom. The summed E-state index contributed by atoms with van der Waals surface area (Å²) in [6, 6.07) is 7.52. The zero-order valence-electron chi connectivity index (χ0n) is 12.9. The first-order valence-electron chi connectivity index (χ1n) is 7.52. The number of benzene rings is 1. The van der Waals surface area contributed by atoms with Crippen molar-refractivity contribution in [2.75, 3.05) is 13.1 Å². The molecule has 0 spiro atoms. The molecular weight excluding hydrogens is 266 g/mol. The third-order valence-electron chi connectivity index (χ3n) is 3.99. The first-order chi connectivity index (χ1) is 10.1. The van der Waals surface area contributed by atoms with Crippen molar-refractivity contribution in [3.8, 4) is 0 Å². The van der Waals surface area contributed by atoms with Gasteiger partial charge in [0, 0.05) is 24.0 Å². The number of rotatable bonds is 7. The van der Waals surface area contributed by atoms with E-state index in [0.29, 0.717) is 18.0 Å². The molecule has 1 atom stereocenters. The van der Waals surface area contributed by atoms with Crippen molar-refractivity contribution < 1.29 is 14.3 Å². The average molecular weight is 289 g/mol. The Morgan fingerprint density at radius 3 is 2.67 bits per heavy atom. The summed E-state index contributed by atoms with van der Waals surface area (Å²) in [4.78, 5) is 13.7. The summed E-state index contributed by atoms with van der Waals surface area (Å²) in [6.45, 7) is 8.96. The standard InChI is InChI=1S/C17H23NO3/c1-4-12(3)10-18(5-2)11-14-13-8-6-7-9-15(13)21-16(14)17(19)20/h6-9,12H,4-5,10-11H2,1-3H3,(H,19,20). The molecule has 0 aliphatic carbocycles. The highest BCUT2D eigenvalue weighted by Crippen LogP contribution is 2.27. The number of nitrogens with zero attached hydrogens (tertiary/aromatic N) is 1. The van der Waals surface area contributed by atoms with E-state index in [4.69, 9.17) is 4.42 Å². The lowest BCUT2D eigenvalue weighted by atomic mass is 10.1. The number of para-hydroxylation sites is 1. The van der Waals surface area contributed by atoms with Crippen molar-refractivity contribution >= 4 is 16.9 Å². The van der Waals surface area contributed by atoms with Crippen molar-refractivity contribution in [2.24, 2.45) is 5.92 Å². The fourth-order valence-corrected chi connectivity index (χ4v) is 2.53. The Kier molecular flexibility index (Phi) is 5.02. The van der Waals surface area contributed by atoms with E-state index in [0.717, 1.165) is 30.5 Å². The third-order valence-corrected chi connectivity index (χ3v) is 3.99. The minimum Gasteiger partial charge on any atom is -0.475 e. The maximum Gasteiger partial charge on any atom is 0.372 e. The SMILES string of the molecule is CCC(C)CN(CC)Cc1c(C(=O)O)oc2ccccc12. The molecule has 0 saturated carbocycles. The second-order valence-corrected chi connectivity index (χ2v) is 5.55. The van der Waals surface area contributed by atoms with Crippen molar-refractivity contribution in [3.05, 3.63) is 35.6 Å². The van der Waals surface area contributed by atoms with Crippen LogP contribution in [0.15, 0.2) is 28.7 Å². The van der Waals surface area contributed by atoms with Crippen LogP contribution in [0.4, 0.5) is 0 Å². The zero-order chi connectivity index (χ0) is 15.4. The molecule has 0 bridgehead atoms. The maximum absolute atomic E-state index is 11.4. The van der Waals surface area contributed by atoms with Crippen molar-refractivity contribution in [1.29, 1.82) is 0 Å². The fourth-order valence-electron chi connectivity index (χ4n) is 2.53. The molecule has 0 saturated heterocycles. The Labute approximate surface area is 125 Å². The van der Waals surface area contributed by atoms with Gasteiger partial charge in [-0.25, -0.2) is 4.79 Å². The number of fused-ring (bicyclic) bond motifs is 1. The smallest absolute Gasteiger partial charge is 0.372 e. The number of furan rings is 1. The van der Waals surface area contributed by atoms with Crippen molar-refractivity contribution in [3.63, 3.8) is 0 Å². The number of carboxylic acids is 1. The highest BCUT2D eigenvalue weighted by Gasteiger charge is 2.21. The first-order valence-corrected chi connectivity index (χ1v) is 7.52. The van der Waals surface area contributed by atoms with Gasteiger partial charge >= 0.3 is 5.97 Å². The quantitative estimate of drug-likeness (QED) is 0.837. The zero-order valence-corrected chi connectivity index (χ0v) is 12.9. The average Bonchev–Trinajstić information content (AvgIpc) is 2.85. The van der Waals surface area contributed by atoms with Crippen LogP contribution in [0, 0.1) is 5.92 Å². The molecule has 1 heterocycles. The first kappa shape index (κ1) is 15.6. The van der Waals surface area contributed by atoms with Crippen LogP contribution in [0.2, 0.25) is 0 Å². The number of aromatic carboxylic acids is 1. The molecule has 0 aliphatic rings. The number of hydrogen-bond donors (Lipinski definition) is 1. The van der Waals surface area contributed by atoms with E-state index in [9.17, 15) is 9.90 Å². The summed E-state index contributed by atoms with van der Waals surface area (Å²) in [6.07, 6.45) is 1.12. The van der Waals surface area contributed by atoms with E-state index in [1.807, 2.05) is 24.3 Å². The molecule has 0 radical (unpaired) electrons. The number of carboxylic acid groups (broad SMARTS) is 1. The van der Waals surface area contributed by atoms with Gasteiger partial charge in [-0.15, -0.1) is 0 Å². The second-order valence-electron chi connectivity index (χ2n) is 5.55. The minimum absolute atomic E-state index is 0.0683. The molecule has 2 aromatic rings. The van der Waals surface area contributed by atoms with Gasteiger partial charge < -0.3 is 9.52 Å². The Hall–Kier alpha value is -1.81. The summed E-state index contributed by atoms with van der Waals surface area (Å²) in [5, 5.41) is 10.3. The Balaban J connectivity index is 2.35. The molecule has 4 nitrogen and oxygen atoms in total. The van der Waals surface area contributed by atoms with E-state index in [1.165, 1.54) is 0 Å². The van der Waals surface area contributed by atoms with Crippen LogP contribution in [0.5, 0.6) is 0 Å². The van der Waals surface area contributed by atoms with Gasteiger partial charge in [0.2, 0.25) is 5.76 Å². The van der Waals surface area contributed by atoms with Crippen LogP contribution < -0.4 is 0 Å². The molecule has 114 valence electrons. The predicted octanol–water partition coefficient (Wildman–Crippen LogP) is 4.00. The molecule has 21 heavy (non-hydrogen) atoms. The number of hydrogen-bond acceptors (Lipinski definition) is 3. The van der Waals surface area contributed by atoms with E-state index >= 15 is 0 Å². The lowest BCUT2D eigenvalue weighted by Crippen LogP contribution is -2.28. The predicted molar refractivity (Wildman–Crippen MR) is 83.6 cm³/mol. The van der Waals surface area contributed by atoms with Gasteiger partial charge in [0.15, 0.2) is 0 Å². The lowest BCUT2D eigenvalue weighted by molar-refractivity contribution is 0.0661. The molecule has 1 aromatic heterocycles. The normalized spacial score (nSPS) is 13.0. The highest BCUT2D eigenvalue weighted by molar-refractivity contribution is 5.95. The van der Waals surface area contributed by atoms with Crippen LogP contribution in [0.25, 0.3) is 11.0 Å². The molecular formula is C17H23NO3. The molecule has 1 aromatic carbocycles. The van der Waals surface area contributed by atoms with Gasteiger partial charge in [-0.2, -0.15) is 0 Å². The van der Waals surface area contributed by atoms with Gasteiger partial charge in [0.05, 0.1) is 0 Å². The molecule has 2 rings (SSSR count). The summed E-state index contributed by atoms with van der Waals surface area (Å²) >= 11 is 0. The molecule has 1 unspecified atom stereocenters. The molecule has 0 amide bonds.